The van der Waals surface area contributed by atoms with Crippen molar-refractivity contribution in [1.82, 2.24) is 0 Å². The maximum absolute atomic E-state index is 10.4. The summed E-state index contributed by atoms with van der Waals surface area (Å²) in [6.07, 6.45) is 3.71. The average molecular weight is 256 g/mol. The van der Waals surface area contributed by atoms with Crippen molar-refractivity contribution in [3.63, 3.8) is 0 Å². The van der Waals surface area contributed by atoms with Crippen molar-refractivity contribution in [3.05, 3.63) is 0 Å². The van der Waals surface area contributed by atoms with Crippen LogP contribution in [0.1, 0.15) is 53.4 Å². The Morgan fingerprint density at radius 1 is 1.24 bits per heavy atom. The second-order valence-electron chi connectivity index (χ2n) is 3.51. The van der Waals surface area contributed by atoms with Gasteiger partial charge in [-0.05, 0) is 19.8 Å². The standard InChI is InChI=1S/C8H16O2.C4H8O2.Na.H/c1-3-5-6-7(4-2)8(9)10;1-3-6-4(2)5;;/h7H,3-6H2,1-2H3,(H,9,10);3H2,1-2H3;;. The molecular weight excluding hydrogens is 231 g/mol. The summed E-state index contributed by atoms with van der Waals surface area (Å²) in [5, 5.41) is 8.60. The van der Waals surface area contributed by atoms with Gasteiger partial charge in [0.25, 0.3) is 0 Å². The van der Waals surface area contributed by atoms with Crippen molar-refractivity contribution >= 4 is 41.5 Å². The van der Waals surface area contributed by atoms with Gasteiger partial charge in [0.05, 0.1) is 12.5 Å². The van der Waals surface area contributed by atoms with Crippen LogP contribution in [0.3, 0.4) is 0 Å². The molecule has 0 saturated carbocycles. The predicted molar refractivity (Wildman–Crippen MR) is 70.4 cm³/mol. The molecule has 0 aromatic heterocycles. The van der Waals surface area contributed by atoms with E-state index in [0.717, 1.165) is 25.7 Å². The van der Waals surface area contributed by atoms with E-state index in [-0.39, 0.29) is 41.4 Å². The molecule has 0 heterocycles. The fourth-order valence-electron chi connectivity index (χ4n) is 1.16. The summed E-state index contributed by atoms with van der Waals surface area (Å²) in [7, 11) is 0. The summed E-state index contributed by atoms with van der Waals surface area (Å²) in [5.74, 6) is -0.964. The van der Waals surface area contributed by atoms with Gasteiger partial charge >= 0.3 is 41.5 Å². The van der Waals surface area contributed by atoms with Crippen LogP contribution < -0.4 is 0 Å². The van der Waals surface area contributed by atoms with E-state index >= 15 is 0 Å². The number of hydrogen-bond donors (Lipinski definition) is 1. The number of hydrogen-bond acceptors (Lipinski definition) is 3. The number of carbonyl (C=O) groups is 2. The van der Waals surface area contributed by atoms with Crippen molar-refractivity contribution in [2.45, 2.75) is 53.4 Å². The fraction of sp³-hybridized carbons (Fsp3) is 0.833. The first kappa shape index (κ1) is 22.1. The number of aliphatic carboxylic acids is 1. The summed E-state index contributed by atoms with van der Waals surface area (Å²) < 4.78 is 4.40. The SMILES string of the molecule is CCCCC(CC)C(=O)O.CCOC(C)=O.[NaH]. The molecule has 0 radical (unpaired) electrons. The molecule has 0 spiro atoms. The number of unbranched alkanes of at least 4 members (excludes halogenated alkanes) is 1. The zero-order valence-electron chi connectivity index (χ0n) is 10.8. The Morgan fingerprint density at radius 3 is 1.94 bits per heavy atom. The van der Waals surface area contributed by atoms with E-state index < -0.39 is 5.97 Å². The van der Waals surface area contributed by atoms with Gasteiger partial charge in [-0.15, -0.1) is 0 Å². The molecule has 0 saturated heterocycles. The zero-order valence-corrected chi connectivity index (χ0v) is 10.8. The number of esters is 1. The molecule has 0 aliphatic carbocycles. The first-order chi connectivity index (χ1) is 7.49. The summed E-state index contributed by atoms with van der Waals surface area (Å²) in [6.45, 7) is 7.66. The van der Waals surface area contributed by atoms with Crippen molar-refractivity contribution < 1.29 is 19.4 Å². The monoisotopic (exact) mass is 256 g/mol. The van der Waals surface area contributed by atoms with E-state index in [1.807, 2.05) is 6.92 Å². The Morgan fingerprint density at radius 2 is 1.76 bits per heavy atom. The van der Waals surface area contributed by atoms with Gasteiger partial charge in [0.1, 0.15) is 0 Å². The van der Waals surface area contributed by atoms with Crippen LogP contribution in [0.5, 0.6) is 0 Å². The Kier molecular flexibility index (Phi) is 20.8. The van der Waals surface area contributed by atoms with Crippen LogP contribution in [0.15, 0.2) is 0 Å². The Labute approximate surface area is 126 Å². The molecule has 1 unspecified atom stereocenters. The molecule has 98 valence electrons. The predicted octanol–water partition coefficient (Wildman–Crippen LogP) is 2.21. The van der Waals surface area contributed by atoms with E-state index in [1.165, 1.54) is 6.92 Å². The summed E-state index contributed by atoms with van der Waals surface area (Å²) in [5.41, 5.74) is 0. The summed E-state index contributed by atoms with van der Waals surface area (Å²) in [4.78, 5) is 20.3. The van der Waals surface area contributed by atoms with Crippen LogP contribution in [0.25, 0.3) is 0 Å². The third kappa shape index (κ3) is 18.5. The molecule has 0 aliphatic rings. The molecule has 5 heteroatoms. The molecule has 0 aromatic carbocycles. The Bertz CT molecular complexity index is 195. The number of carboxylic acids is 1. The number of carbonyl (C=O) groups excluding carboxylic acids is 1. The molecule has 0 rings (SSSR count). The summed E-state index contributed by atoms with van der Waals surface area (Å²) >= 11 is 0. The van der Waals surface area contributed by atoms with E-state index in [4.69, 9.17) is 5.11 Å². The molecule has 0 aliphatic heterocycles. The summed E-state index contributed by atoms with van der Waals surface area (Å²) in [6, 6.07) is 0. The number of ether oxygens (including phenoxy) is 1. The second-order valence-corrected chi connectivity index (χ2v) is 3.51. The minimum atomic E-state index is -0.643. The number of rotatable bonds is 6. The molecule has 0 bridgehead atoms. The second kappa shape index (κ2) is 15.9. The molecule has 1 atom stereocenters. The van der Waals surface area contributed by atoms with Gasteiger partial charge in [-0.3, -0.25) is 9.59 Å². The van der Waals surface area contributed by atoms with Crippen LogP contribution in [0, 0.1) is 5.92 Å². The van der Waals surface area contributed by atoms with Crippen LogP contribution in [0.4, 0.5) is 0 Å². The minimum absolute atomic E-state index is 0. The van der Waals surface area contributed by atoms with Crippen LogP contribution in [0.2, 0.25) is 0 Å². The molecule has 0 aromatic rings. The zero-order chi connectivity index (χ0) is 13.0. The van der Waals surface area contributed by atoms with Gasteiger partial charge in [-0.1, -0.05) is 26.7 Å². The van der Waals surface area contributed by atoms with Crippen LogP contribution in [-0.4, -0.2) is 53.2 Å². The van der Waals surface area contributed by atoms with Crippen molar-refractivity contribution in [2.24, 2.45) is 5.92 Å². The molecule has 17 heavy (non-hydrogen) atoms. The van der Waals surface area contributed by atoms with Gasteiger partial charge < -0.3 is 9.84 Å². The molecule has 0 fully saturated rings. The van der Waals surface area contributed by atoms with E-state index in [1.54, 1.807) is 6.92 Å². The maximum atomic E-state index is 10.4. The fourth-order valence-corrected chi connectivity index (χ4v) is 1.16. The van der Waals surface area contributed by atoms with E-state index in [2.05, 4.69) is 11.7 Å². The van der Waals surface area contributed by atoms with Crippen molar-refractivity contribution in [1.29, 1.82) is 0 Å². The Hall–Kier alpha value is -0.0600. The van der Waals surface area contributed by atoms with Crippen molar-refractivity contribution in [2.75, 3.05) is 6.61 Å². The van der Waals surface area contributed by atoms with Gasteiger partial charge in [-0.2, -0.15) is 0 Å². The first-order valence-corrected chi connectivity index (χ1v) is 5.85. The van der Waals surface area contributed by atoms with Gasteiger partial charge in [0.2, 0.25) is 0 Å². The van der Waals surface area contributed by atoms with Gasteiger partial charge in [-0.25, -0.2) is 0 Å². The van der Waals surface area contributed by atoms with Crippen molar-refractivity contribution in [3.8, 4) is 0 Å². The molecule has 0 amide bonds. The topological polar surface area (TPSA) is 63.6 Å². The molecule has 4 nitrogen and oxygen atoms in total. The van der Waals surface area contributed by atoms with Crippen LogP contribution in [-0.2, 0) is 14.3 Å². The molecule has 1 N–H and O–H groups in total. The van der Waals surface area contributed by atoms with E-state index in [9.17, 15) is 9.59 Å². The number of carboxylic acid groups (broad SMARTS) is 1. The third-order valence-electron chi connectivity index (χ3n) is 2.10. The first-order valence-electron chi connectivity index (χ1n) is 5.85. The Balaban J connectivity index is -0.000000244. The van der Waals surface area contributed by atoms with Crippen LogP contribution >= 0.6 is 0 Å². The van der Waals surface area contributed by atoms with Gasteiger partial charge in [0, 0.05) is 6.92 Å². The average Bonchev–Trinajstić information content (AvgIpc) is 2.19. The van der Waals surface area contributed by atoms with Gasteiger partial charge in [0.15, 0.2) is 0 Å². The van der Waals surface area contributed by atoms with E-state index in [0.29, 0.717) is 6.61 Å². The quantitative estimate of drug-likeness (QED) is 0.584. The third-order valence-corrected chi connectivity index (χ3v) is 2.10. The normalized spacial score (nSPS) is 10.4. The molecular formula is C12H25NaO4.